The molecule has 0 fully saturated rings. The Kier molecular flexibility index (Phi) is 8.09. The van der Waals surface area contributed by atoms with Crippen molar-refractivity contribution in [1.82, 2.24) is 10.0 Å². The summed E-state index contributed by atoms with van der Waals surface area (Å²) in [5.41, 5.74) is 0. The average molecular weight is 408 g/mol. The molecule has 0 aromatic heterocycles. The summed E-state index contributed by atoms with van der Waals surface area (Å²) in [7, 11) is -2.15. The first-order valence-electron chi connectivity index (χ1n) is 8.71. The molecule has 152 valence electrons. The van der Waals surface area contributed by atoms with Crippen LogP contribution in [0.5, 0.6) is 17.2 Å². The van der Waals surface area contributed by atoms with Gasteiger partial charge in [0, 0.05) is 13.1 Å². The van der Waals surface area contributed by atoms with E-state index in [1.807, 2.05) is 6.92 Å². The molecular weight excluding hydrogens is 384 g/mol. The highest BCUT2D eigenvalue weighted by Gasteiger charge is 2.13. The second-order valence-electron chi connectivity index (χ2n) is 5.59. The van der Waals surface area contributed by atoms with E-state index in [1.54, 1.807) is 36.4 Å². The van der Waals surface area contributed by atoms with Gasteiger partial charge < -0.3 is 19.5 Å². The van der Waals surface area contributed by atoms with Crippen molar-refractivity contribution in [3.05, 3.63) is 48.5 Å². The molecule has 0 aliphatic heterocycles. The summed E-state index contributed by atoms with van der Waals surface area (Å²) < 4.78 is 42.7. The first-order chi connectivity index (χ1) is 13.5. The van der Waals surface area contributed by atoms with E-state index >= 15 is 0 Å². The molecule has 9 heteroatoms. The summed E-state index contributed by atoms with van der Waals surface area (Å²) in [6.07, 6.45) is 0. The second-order valence-corrected chi connectivity index (χ2v) is 7.36. The fourth-order valence-electron chi connectivity index (χ4n) is 2.28. The SMILES string of the molecule is CCOc1ccc(S(=O)(=O)NCCNC(=O)COc2ccccc2OC)cc1. The van der Waals surface area contributed by atoms with Gasteiger partial charge in [-0.05, 0) is 43.3 Å². The highest BCUT2D eigenvalue weighted by Crippen LogP contribution is 2.25. The Hall–Kier alpha value is -2.78. The van der Waals surface area contributed by atoms with Crippen LogP contribution in [0.25, 0.3) is 0 Å². The standard InChI is InChI=1S/C19H24N2O6S/c1-3-26-15-8-10-16(11-9-15)28(23,24)21-13-12-20-19(22)14-27-18-7-5-4-6-17(18)25-2/h4-11,21H,3,12-14H2,1-2H3,(H,20,22). The highest BCUT2D eigenvalue weighted by molar-refractivity contribution is 7.89. The van der Waals surface area contributed by atoms with Gasteiger partial charge in [-0.15, -0.1) is 0 Å². The third kappa shape index (κ3) is 6.43. The smallest absolute Gasteiger partial charge is 0.257 e. The predicted molar refractivity (Wildman–Crippen MR) is 104 cm³/mol. The first kappa shape index (κ1) is 21.5. The van der Waals surface area contributed by atoms with Crippen LogP contribution in [0.15, 0.2) is 53.4 Å². The third-order valence-corrected chi connectivity index (χ3v) is 5.09. The highest BCUT2D eigenvalue weighted by atomic mass is 32.2. The van der Waals surface area contributed by atoms with Crippen molar-refractivity contribution in [2.75, 3.05) is 33.4 Å². The molecule has 0 unspecified atom stereocenters. The molecule has 0 heterocycles. The zero-order valence-electron chi connectivity index (χ0n) is 15.8. The van der Waals surface area contributed by atoms with Gasteiger partial charge in [-0.1, -0.05) is 12.1 Å². The van der Waals surface area contributed by atoms with Crippen molar-refractivity contribution >= 4 is 15.9 Å². The van der Waals surface area contributed by atoms with Crippen LogP contribution < -0.4 is 24.2 Å². The summed E-state index contributed by atoms with van der Waals surface area (Å²) in [5.74, 6) is 1.21. The van der Waals surface area contributed by atoms with Gasteiger partial charge in [-0.2, -0.15) is 0 Å². The number of carbonyl (C=O) groups excluding carboxylic acids is 1. The van der Waals surface area contributed by atoms with Crippen molar-refractivity contribution in [1.29, 1.82) is 0 Å². The Balaban J connectivity index is 1.74. The van der Waals surface area contributed by atoms with Crippen LogP contribution >= 0.6 is 0 Å². The lowest BCUT2D eigenvalue weighted by molar-refractivity contribution is -0.123. The average Bonchev–Trinajstić information content (AvgIpc) is 2.70. The molecule has 0 aliphatic carbocycles. The Morgan fingerprint density at radius 1 is 0.964 bits per heavy atom. The number of para-hydroxylation sites is 2. The number of amides is 1. The van der Waals surface area contributed by atoms with Crippen molar-refractivity contribution in [2.45, 2.75) is 11.8 Å². The van der Waals surface area contributed by atoms with Crippen LogP contribution in [0.4, 0.5) is 0 Å². The molecule has 8 nitrogen and oxygen atoms in total. The maximum atomic E-state index is 12.2. The van der Waals surface area contributed by atoms with Gasteiger partial charge >= 0.3 is 0 Å². The molecule has 2 rings (SSSR count). The van der Waals surface area contributed by atoms with Crippen LogP contribution in [0.2, 0.25) is 0 Å². The molecule has 0 atom stereocenters. The van der Waals surface area contributed by atoms with E-state index in [2.05, 4.69) is 10.0 Å². The number of ether oxygens (including phenoxy) is 3. The van der Waals surface area contributed by atoms with E-state index in [4.69, 9.17) is 14.2 Å². The van der Waals surface area contributed by atoms with E-state index in [9.17, 15) is 13.2 Å². The Labute approximate surface area is 164 Å². The number of hydrogen-bond acceptors (Lipinski definition) is 6. The van der Waals surface area contributed by atoms with Crippen LogP contribution in [0.3, 0.4) is 0 Å². The molecule has 0 saturated carbocycles. The summed E-state index contributed by atoms with van der Waals surface area (Å²) in [6.45, 7) is 2.33. The minimum Gasteiger partial charge on any atom is -0.494 e. The number of rotatable bonds is 11. The molecule has 28 heavy (non-hydrogen) atoms. The number of nitrogens with one attached hydrogen (secondary N) is 2. The van der Waals surface area contributed by atoms with Gasteiger partial charge in [0.25, 0.3) is 5.91 Å². The lowest BCUT2D eigenvalue weighted by Gasteiger charge is -2.11. The number of methoxy groups -OCH3 is 1. The lowest BCUT2D eigenvalue weighted by Crippen LogP contribution is -2.36. The van der Waals surface area contributed by atoms with Crippen molar-refractivity contribution in [2.24, 2.45) is 0 Å². The normalized spacial score (nSPS) is 10.9. The monoisotopic (exact) mass is 408 g/mol. The Morgan fingerprint density at radius 2 is 1.64 bits per heavy atom. The van der Waals surface area contributed by atoms with Crippen molar-refractivity contribution in [3.63, 3.8) is 0 Å². The van der Waals surface area contributed by atoms with Crippen LogP contribution in [-0.2, 0) is 14.8 Å². The lowest BCUT2D eigenvalue weighted by atomic mass is 10.3. The Morgan fingerprint density at radius 3 is 2.29 bits per heavy atom. The quantitative estimate of drug-likeness (QED) is 0.547. The van der Waals surface area contributed by atoms with Gasteiger partial charge in [-0.25, -0.2) is 13.1 Å². The summed E-state index contributed by atoms with van der Waals surface area (Å²) in [5, 5.41) is 2.59. The van der Waals surface area contributed by atoms with E-state index in [0.29, 0.717) is 23.9 Å². The van der Waals surface area contributed by atoms with Crippen LogP contribution in [0.1, 0.15) is 6.92 Å². The maximum Gasteiger partial charge on any atom is 0.257 e. The first-order valence-corrected chi connectivity index (χ1v) is 10.2. The maximum absolute atomic E-state index is 12.2. The molecule has 1 amide bonds. The zero-order chi connectivity index (χ0) is 20.4. The van der Waals surface area contributed by atoms with Crippen molar-refractivity contribution < 1.29 is 27.4 Å². The topological polar surface area (TPSA) is 103 Å². The van der Waals surface area contributed by atoms with Gasteiger partial charge in [-0.3, -0.25) is 4.79 Å². The zero-order valence-corrected chi connectivity index (χ0v) is 16.6. The number of sulfonamides is 1. The molecule has 2 N–H and O–H groups in total. The molecule has 2 aromatic carbocycles. The largest absolute Gasteiger partial charge is 0.494 e. The molecule has 0 saturated heterocycles. The van der Waals surface area contributed by atoms with Gasteiger partial charge in [0.2, 0.25) is 10.0 Å². The number of benzene rings is 2. The number of carbonyl (C=O) groups is 1. The molecule has 0 spiro atoms. The third-order valence-electron chi connectivity index (χ3n) is 3.61. The van der Waals surface area contributed by atoms with Crippen LogP contribution in [-0.4, -0.2) is 47.7 Å². The van der Waals surface area contributed by atoms with Gasteiger partial charge in [0.15, 0.2) is 18.1 Å². The molecule has 0 aliphatic rings. The van der Waals surface area contributed by atoms with E-state index in [-0.39, 0.29) is 30.5 Å². The molecular formula is C19H24N2O6S. The summed E-state index contributed by atoms with van der Waals surface area (Å²) >= 11 is 0. The van der Waals surface area contributed by atoms with Gasteiger partial charge in [0.1, 0.15) is 5.75 Å². The van der Waals surface area contributed by atoms with E-state index in [0.717, 1.165) is 0 Å². The summed E-state index contributed by atoms with van der Waals surface area (Å²) in [4.78, 5) is 12.0. The van der Waals surface area contributed by atoms with E-state index < -0.39 is 10.0 Å². The molecule has 0 radical (unpaired) electrons. The fraction of sp³-hybridized carbons (Fsp3) is 0.316. The van der Waals surface area contributed by atoms with Crippen LogP contribution in [0, 0.1) is 0 Å². The molecule has 2 aromatic rings. The second kappa shape index (κ2) is 10.5. The molecule has 0 bridgehead atoms. The predicted octanol–water partition coefficient (Wildman–Crippen LogP) is 1.57. The fourth-order valence-corrected chi connectivity index (χ4v) is 3.32. The van der Waals surface area contributed by atoms with E-state index in [1.165, 1.54) is 19.2 Å². The summed E-state index contributed by atoms with van der Waals surface area (Å²) in [6, 6.07) is 13.1. The minimum atomic E-state index is -3.66. The number of hydrogen-bond donors (Lipinski definition) is 2. The van der Waals surface area contributed by atoms with Gasteiger partial charge in [0.05, 0.1) is 18.6 Å². The minimum absolute atomic E-state index is 0.0515. The van der Waals surface area contributed by atoms with Crippen molar-refractivity contribution in [3.8, 4) is 17.2 Å². The Bertz CT molecular complexity index is 868.